The van der Waals surface area contributed by atoms with E-state index in [1.165, 1.54) is 0 Å². The lowest BCUT2D eigenvalue weighted by molar-refractivity contribution is 0.191. The second kappa shape index (κ2) is 5.85. The van der Waals surface area contributed by atoms with Gasteiger partial charge in [-0.1, -0.05) is 0 Å². The van der Waals surface area contributed by atoms with Gasteiger partial charge in [0, 0.05) is 24.5 Å². The summed E-state index contributed by atoms with van der Waals surface area (Å²) in [5.74, 6) is 2.26. The molecular weight excluding hydrogens is 228 g/mol. The first-order valence-corrected chi connectivity index (χ1v) is 6.82. The van der Waals surface area contributed by atoms with Gasteiger partial charge in [-0.15, -0.1) is 0 Å². The van der Waals surface area contributed by atoms with Gasteiger partial charge in [-0.2, -0.15) is 0 Å². The third kappa shape index (κ3) is 4.10. The maximum atomic E-state index is 5.78. The molecule has 1 aromatic heterocycles. The molecule has 0 saturated carbocycles. The zero-order chi connectivity index (χ0) is 13.0. The summed E-state index contributed by atoms with van der Waals surface area (Å²) < 4.78 is 11.1. The highest BCUT2D eigenvalue weighted by Crippen LogP contribution is 2.25. The van der Waals surface area contributed by atoms with E-state index in [9.17, 15) is 0 Å². The third-order valence-electron chi connectivity index (χ3n) is 3.13. The van der Waals surface area contributed by atoms with Crippen molar-refractivity contribution in [3.8, 4) is 0 Å². The molecule has 1 aliphatic rings. The number of nitrogens with one attached hydrogen (secondary N) is 1. The quantitative estimate of drug-likeness (QED) is 0.818. The van der Waals surface area contributed by atoms with Gasteiger partial charge in [0.1, 0.15) is 5.76 Å². The van der Waals surface area contributed by atoms with E-state index in [0.717, 1.165) is 50.7 Å². The first-order valence-electron chi connectivity index (χ1n) is 6.82. The molecule has 4 nitrogen and oxygen atoms in total. The van der Waals surface area contributed by atoms with Gasteiger partial charge < -0.3 is 14.5 Å². The highest BCUT2D eigenvalue weighted by Gasteiger charge is 2.21. The van der Waals surface area contributed by atoms with E-state index < -0.39 is 0 Å². The molecule has 1 atom stereocenters. The van der Waals surface area contributed by atoms with E-state index >= 15 is 0 Å². The van der Waals surface area contributed by atoms with Gasteiger partial charge in [0.2, 0.25) is 0 Å². The Labute approximate surface area is 109 Å². The second-order valence-electron chi connectivity index (χ2n) is 6.00. The summed E-state index contributed by atoms with van der Waals surface area (Å²) in [6.07, 6.45) is 4.88. The maximum Gasteiger partial charge on any atom is 0.194 e. The van der Waals surface area contributed by atoms with Crippen molar-refractivity contribution in [2.75, 3.05) is 19.8 Å². The lowest BCUT2D eigenvalue weighted by Crippen LogP contribution is -2.36. The van der Waals surface area contributed by atoms with Crippen LogP contribution in [0.25, 0.3) is 0 Å². The second-order valence-corrected chi connectivity index (χ2v) is 6.00. The SMILES string of the molecule is CC(C)(C)NCCCc1ncc(C2CCOC2)o1. The molecule has 1 fully saturated rings. The van der Waals surface area contributed by atoms with Gasteiger partial charge in [-0.3, -0.25) is 0 Å². The van der Waals surface area contributed by atoms with Crippen LogP contribution in [0, 0.1) is 0 Å². The Kier molecular flexibility index (Phi) is 4.40. The molecule has 0 aromatic carbocycles. The molecular formula is C14H24N2O2. The molecule has 18 heavy (non-hydrogen) atoms. The predicted molar refractivity (Wildman–Crippen MR) is 70.8 cm³/mol. The van der Waals surface area contributed by atoms with Crippen molar-refractivity contribution < 1.29 is 9.15 Å². The standard InChI is InChI=1S/C14H24N2O2/c1-14(2,3)16-7-4-5-13-15-9-12(18-13)11-6-8-17-10-11/h9,11,16H,4-8,10H2,1-3H3. The number of aryl methyl sites for hydroxylation is 1. The smallest absolute Gasteiger partial charge is 0.194 e. The molecule has 1 unspecified atom stereocenters. The average molecular weight is 252 g/mol. The van der Waals surface area contributed by atoms with Crippen LogP contribution in [0.2, 0.25) is 0 Å². The van der Waals surface area contributed by atoms with E-state index in [4.69, 9.17) is 9.15 Å². The fourth-order valence-electron chi connectivity index (χ4n) is 2.09. The summed E-state index contributed by atoms with van der Waals surface area (Å²) in [6, 6.07) is 0. The Bertz CT molecular complexity index is 362. The number of oxazole rings is 1. The minimum absolute atomic E-state index is 0.183. The summed E-state index contributed by atoms with van der Waals surface area (Å²) in [4.78, 5) is 4.34. The minimum atomic E-state index is 0.183. The molecule has 0 amide bonds. The van der Waals surface area contributed by atoms with Crippen LogP contribution >= 0.6 is 0 Å². The van der Waals surface area contributed by atoms with Gasteiger partial charge in [0.15, 0.2) is 5.89 Å². The van der Waals surface area contributed by atoms with E-state index in [0.29, 0.717) is 5.92 Å². The first kappa shape index (κ1) is 13.6. The summed E-state index contributed by atoms with van der Waals surface area (Å²) >= 11 is 0. The van der Waals surface area contributed by atoms with Gasteiger partial charge in [0.05, 0.1) is 12.8 Å². The van der Waals surface area contributed by atoms with Crippen molar-refractivity contribution >= 4 is 0 Å². The van der Waals surface area contributed by atoms with Crippen molar-refractivity contribution in [1.29, 1.82) is 0 Å². The van der Waals surface area contributed by atoms with Crippen LogP contribution in [0.3, 0.4) is 0 Å². The number of hydrogen-bond acceptors (Lipinski definition) is 4. The highest BCUT2D eigenvalue weighted by atomic mass is 16.5. The van der Waals surface area contributed by atoms with Crippen molar-refractivity contribution in [3.05, 3.63) is 17.8 Å². The van der Waals surface area contributed by atoms with Gasteiger partial charge in [-0.25, -0.2) is 4.98 Å². The molecule has 102 valence electrons. The van der Waals surface area contributed by atoms with Crippen molar-refractivity contribution in [2.45, 2.75) is 51.5 Å². The van der Waals surface area contributed by atoms with E-state index in [1.807, 2.05) is 6.20 Å². The Morgan fingerprint density at radius 1 is 1.44 bits per heavy atom. The monoisotopic (exact) mass is 252 g/mol. The molecule has 4 heteroatoms. The van der Waals surface area contributed by atoms with Gasteiger partial charge >= 0.3 is 0 Å². The Morgan fingerprint density at radius 3 is 2.94 bits per heavy atom. The highest BCUT2D eigenvalue weighted by molar-refractivity contribution is 5.03. The molecule has 1 aliphatic heterocycles. The van der Waals surface area contributed by atoms with Crippen LogP contribution in [-0.4, -0.2) is 30.3 Å². The number of ether oxygens (including phenoxy) is 1. The molecule has 0 spiro atoms. The number of nitrogens with zero attached hydrogens (tertiary/aromatic N) is 1. The summed E-state index contributed by atoms with van der Waals surface area (Å²) in [7, 11) is 0. The Hall–Kier alpha value is -0.870. The molecule has 1 aromatic rings. The zero-order valence-electron chi connectivity index (χ0n) is 11.7. The van der Waals surface area contributed by atoms with Crippen LogP contribution in [-0.2, 0) is 11.2 Å². The number of rotatable bonds is 5. The lowest BCUT2D eigenvalue weighted by atomic mass is 10.1. The van der Waals surface area contributed by atoms with Crippen LogP contribution in [0.15, 0.2) is 10.6 Å². The van der Waals surface area contributed by atoms with Crippen molar-refractivity contribution in [1.82, 2.24) is 10.3 Å². The first-order chi connectivity index (χ1) is 8.54. The molecule has 0 radical (unpaired) electrons. The number of aromatic nitrogens is 1. The molecule has 0 aliphatic carbocycles. The Balaban J connectivity index is 1.73. The van der Waals surface area contributed by atoms with Gasteiger partial charge in [0.25, 0.3) is 0 Å². The van der Waals surface area contributed by atoms with Crippen LogP contribution in [0.5, 0.6) is 0 Å². The summed E-state index contributed by atoms with van der Waals surface area (Å²) in [6.45, 7) is 9.15. The average Bonchev–Trinajstić information content (AvgIpc) is 2.93. The molecule has 1 N–H and O–H groups in total. The number of hydrogen-bond donors (Lipinski definition) is 1. The maximum absolute atomic E-state index is 5.78. The zero-order valence-corrected chi connectivity index (χ0v) is 11.7. The van der Waals surface area contributed by atoms with Crippen LogP contribution in [0.1, 0.15) is 51.2 Å². The molecule has 0 bridgehead atoms. The third-order valence-corrected chi connectivity index (χ3v) is 3.13. The van der Waals surface area contributed by atoms with Crippen LogP contribution in [0.4, 0.5) is 0 Å². The van der Waals surface area contributed by atoms with Crippen molar-refractivity contribution in [2.24, 2.45) is 0 Å². The minimum Gasteiger partial charge on any atom is -0.445 e. The topological polar surface area (TPSA) is 47.3 Å². The predicted octanol–water partition coefficient (Wildman–Crippen LogP) is 2.50. The van der Waals surface area contributed by atoms with Crippen LogP contribution < -0.4 is 5.32 Å². The molecule has 2 rings (SSSR count). The Morgan fingerprint density at radius 2 is 2.28 bits per heavy atom. The van der Waals surface area contributed by atoms with E-state index in [1.54, 1.807) is 0 Å². The van der Waals surface area contributed by atoms with Gasteiger partial charge in [-0.05, 0) is 40.2 Å². The van der Waals surface area contributed by atoms with E-state index in [-0.39, 0.29) is 5.54 Å². The largest absolute Gasteiger partial charge is 0.445 e. The lowest BCUT2D eigenvalue weighted by Gasteiger charge is -2.20. The fourth-order valence-corrected chi connectivity index (χ4v) is 2.09. The normalized spacial score (nSPS) is 20.5. The molecule has 2 heterocycles. The van der Waals surface area contributed by atoms with E-state index in [2.05, 4.69) is 31.1 Å². The van der Waals surface area contributed by atoms with Crippen molar-refractivity contribution in [3.63, 3.8) is 0 Å². The summed E-state index contributed by atoms with van der Waals surface area (Å²) in [5.41, 5.74) is 0.183. The summed E-state index contributed by atoms with van der Waals surface area (Å²) in [5, 5.41) is 3.46. The molecule has 1 saturated heterocycles. The fraction of sp³-hybridized carbons (Fsp3) is 0.786.